The lowest BCUT2D eigenvalue weighted by atomic mass is 10.1. The lowest BCUT2D eigenvalue weighted by Gasteiger charge is -2.06. The Kier molecular flexibility index (Phi) is 5.42. The summed E-state index contributed by atoms with van der Waals surface area (Å²) in [4.78, 5) is 10.4. The largest absolute Gasteiger partial charge is 0.465 e. The third-order valence-electron chi connectivity index (χ3n) is 2.40. The van der Waals surface area contributed by atoms with E-state index in [1.807, 2.05) is 5.32 Å². The van der Waals surface area contributed by atoms with E-state index in [1.165, 1.54) is 12.1 Å². The van der Waals surface area contributed by atoms with Crippen molar-refractivity contribution in [3.63, 3.8) is 0 Å². The first-order chi connectivity index (χ1) is 8.13. The van der Waals surface area contributed by atoms with Gasteiger partial charge < -0.3 is 10.2 Å². The molecule has 0 aliphatic rings. The summed E-state index contributed by atoms with van der Waals surface area (Å²) in [5.74, 6) is -0.577. The normalized spacial score (nSPS) is 10.2. The van der Waals surface area contributed by atoms with E-state index in [1.54, 1.807) is 6.07 Å². The molecule has 94 valence electrons. The predicted octanol–water partition coefficient (Wildman–Crippen LogP) is 2.62. The van der Waals surface area contributed by atoms with Crippen LogP contribution in [0.4, 0.5) is 14.9 Å². The maximum Gasteiger partial charge on any atom is 0.409 e. The molecular formula is C12H16FNO3. The molecule has 0 saturated carbocycles. The zero-order valence-electron chi connectivity index (χ0n) is 9.45. The number of halogens is 1. The summed E-state index contributed by atoms with van der Waals surface area (Å²) in [6, 6.07) is 4.40. The topological polar surface area (TPSA) is 69.6 Å². The van der Waals surface area contributed by atoms with Gasteiger partial charge in [-0.1, -0.05) is 12.5 Å². The third kappa shape index (κ3) is 4.82. The third-order valence-corrected chi connectivity index (χ3v) is 2.40. The van der Waals surface area contributed by atoms with Crippen molar-refractivity contribution < 1.29 is 19.4 Å². The highest BCUT2D eigenvalue weighted by molar-refractivity contribution is 5.83. The minimum absolute atomic E-state index is 0.0165. The highest BCUT2D eigenvalue weighted by Gasteiger charge is 2.06. The van der Waals surface area contributed by atoms with Gasteiger partial charge in [0.1, 0.15) is 5.82 Å². The highest BCUT2D eigenvalue weighted by Crippen LogP contribution is 2.17. The van der Waals surface area contributed by atoms with Gasteiger partial charge in [0.2, 0.25) is 0 Å². The van der Waals surface area contributed by atoms with Crippen LogP contribution in [0.15, 0.2) is 18.2 Å². The van der Waals surface area contributed by atoms with Gasteiger partial charge >= 0.3 is 6.09 Å². The number of nitrogens with one attached hydrogen (secondary N) is 1. The number of carboxylic acid groups (broad SMARTS) is 1. The number of aryl methyl sites for hydroxylation is 1. The number of benzene rings is 1. The molecule has 0 saturated heterocycles. The van der Waals surface area contributed by atoms with Crippen molar-refractivity contribution in [1.82, 2.24) is 0 Å². The quantitative estimate of drug-likeness (QED) is 0.670. The molecule has 5 heteroatoms. The van der Waals surface area contributed by atoms with E-state index in [0.717, 1.165) is 31.2 Å². The monoisotopic (exact) mass is 241 g/mol. The summed E-state index contributed by atoms with van der Waals surface area (Å²) >= 11 is 0. The molecule has 1 aromatic rings. The Morgan fingerprint density at radius 1 is 1.29 bits per heavy atom. The Morgan fingerprint density at radius 2 is 2.06 bits per heavy atom. The number of aliphatic hydroxyl groups excluding tert-OH is 1. The van der Waals surface area contributed by atoms with Crippen LogP contribution in [0.5, 0.6) is 0 Å². The highest BCUT2D eigenvalue weighted by atomic mass is 19.1. The number of hydrogen-bond donors (Lipinski definition) is 3. The Hall–Kier alpha value is -1.62. The zero-order chi connectivity index (χ0) is 12.7. The van der Waals surface area contributed by atoms with Gasteiger partial charge in [0, 0.05) is 6.61 Å². The fourth-order valence-corrected chi connectivity index (χ4v) is 1.56. The Morgan fingerprint density at radius 3 is 2.71 bits per heavy atom. The molecule has 0 fully saturated rings. The second-order valence-corrected chi connectivity index (χ2v) is 3.78. The molecule has 3 N–H and O–H groups in total. The molecule has 0 heterocycles. The first kappa shape index (κ1) is 13.4. The van der Waals surface area contributed by atoms with Gasteiger partial charge in [-0.2, -0.15) is 0 Å². The number of carbonyl (C=O) groups is 1. The number of hydrogen-bond acceptors (Lipinski definition) is 2. The van der Waals surface area contributed by atoms with Crippen LogP contribution in [0.2, 0.25) is 0 Å². The summed E-state index contributed by atoms with van der Waals surface area (Å²) in [6.07, 6.45) is 2.01. The summed E-state index contributed by atoms with van der Waals surface area (Å²) < 4.78 is 13.2. The SMILES string of the molecule is O=C(O)Nc1cc(CCCCCO)ccc1F. The molecule has 1 aromatic carbocycles. The van der Waals surface area contributed by atoms with E-state index in [4.69, 9.17) is 10.2 Å². The molecule has 0 aliphatic carbocycles. The minimum atomic E-state index is -1.28. The van der Waals surface area contributed by atoms with Crippen LogP contribution in [0.3, 0.4) is 0 Å². The van der Waals surface area contributed by atoms with Crippen molar-refractivity contribution >= 4 is 11.8 Å². The molecule has 0 aromatic heterocycles. The molecule has 0 radical (unpaired) electrons. The molecule has 1 rings (SSSR count). The van der Waals surface area contributed by atoms with Gasteiger partial charge in [0.25, 0.3) is 0 Å². The average Bonchev–Trinajstić information content (AvgIpc) is 2.28. The summed E-state index contributed by atoms with van der Waals surface area (Å²) in [5, 5.41) is 19.2. The van der Waals surface area contributed by atoms with Gasteiger partial charge in [-0.15, -0.1) is 0 Å². The molecule has 0 atom stereocenters. The van der Waals surface area contributed by atoms with E-state index < -0.39 is 11.9 Å². The van der Waals surface area contributed by atoms with Gasteiger partial charge in [-0.25, -0.2) is 9.18 Å². The molecule has 0 unspecified atom stereocenters. The van der Waals surface area contributed by atoms with E-state index in [9.17, 15) is 9.18 Å². The summed E-state index contributed by atoms with van der Waals surface area (Å²) in [5.41, 5.74) is 0.866. The molecule has 17 heavy (non-hydrogen) atoms. The lowest BCUT2D eigenvalue weighted by Crippen LogP contribution is -2.09. The number of unbranched alkanes of at least 4 members (excludes halogenated alkanes) is 2. The van der Waals surface area contributed by atoms with Crippen molar-refractivity contribution in [1.29, 1.82) is 0 Å². The van der Waals surface area contributed by atoms with Gasteiger partial charge in [-0.05, 0) is 37.0 Å². The van der Waals surface area contributed by atoms with Crippen molar-refractivity contribution in [2.24, 2.45) is 0 Å². The van der Waals surface area contributed by atoms with E-state index in [-0.39, 0.29) is 12.3 Å². The second kappa shape index (κ2) is 6.85. The fourth-order valence-electron chi connectivity index (χ4n) is 1.56. The van der Waals surface area contributed by atoms with E-state index >= 15 is 0 Å². The van der Waals surface area contributed by atoms with Crippen molar-refractivity contribution in [3.05, 3.63) is 29.6 Å². The minimum Gasteiger partial charge on any atom is -0.465 e. The Balaban J connectivity index is 2.58. The van der Waals surface area contributed by atoms with Gasteiger partial charge in [0.15, 0.2) is 0 Å². The van der Waals surface area contributed by atoms with Crippen molar-refractivity contribution in [3.8, 4) is 0 Å². The molecule has 0 aliphatic heterocycles. The maximum absolute atomic E-state index is 13.2. The van der Waals surface area contributed by atoms with Crippen LogP contribution in [-0.4, -0.2) is 22.9 Å². The number of aliphatic hydroxyl groups is 1. The fraction of sp³-hybridized carbons (Fsp3) is 0.417. The number of anilines is 1. The summed E-state index contributed by atoms with van der Waals surface area (Å²) in [6.45, 7) is 0.176. The van der Waals surface area contributed by atoms with Crippen LogP contribution in [-0.2, 0) is 6.42 Å². The molecule has 0 bridgehead atoms. The average molecular weight is 241 g/mol. The predicted molar refractivity (Wildman–Crippen MR) is 62.7 cm³/mol. The van der Waals surface area contributed by atoms with Crippen molar-refractivity contribution in [2.75, 3.05) is 11.9 Å². The van der Waals surface area contributed by atoms with Crippen LogP contribution >= 0.6 is 0 Å². The molecular weight excluding hydrogens is 225 g/mol. The zero-order valence-corrected chi connectivity index (χ0v) is 9.45. The smallest absolute Gasteiger partial charge is 0.409 e. The van der Waals surface area contributed by atoms with Gasteiger partial charge in [0.05, 0.1) is 5.69 Å². The second-order valence-electron chi connectivity index (χ2n) is 3.78. The molecule has 1 amide bonds. The van der Waals surface area contributed by atoms with Crippen molar-refractivity contribution in [2.45, 2.75) is 25.7 Å². The maximum atomic E-state index is 13.2. The van der Waals surface area contributed by atoms with E-state index in [2.05, 4.69) is 0 Å². The first-order valence-electron chi connectivity index (χ1n) is 5.52. The molecule has 4 nitrogen and oxygen atoms in total. The Bertz CT molecular complexity index is 382. The first-order valence-corrected chi connectivity index (χ1v) is 5.52. The van der Waals surface area contributed by atoms with Crippen LogP contribution in [0, 0.1) is 5.82 Å². The number of rotatable bonds is 6. The van der Waals surface area contributed by atoms with Gasteiger partial charge in [-0.3, -0.25) is 5.32 Å². The summed E-state index contributed by atoms with van der Waals surface area (Å²) in [7, 11) is 0. The Labute approximate surface area is 99.1 Å². The van der Waals surface area contributed by atoms with Crippen LogP contribution < -0.4 is 5.32 Å². The van der Waals surface area contributed by atoms with Crippen LogP contribution in [0.25, 0.3) is 0 Å². The number of amides is 1. The molecule has 0 spiro atoms. The van der Waals surface area contributed by atoms with Crippen LogP contribution in [0.1, 0.15) is 24.8 Å². The van der Waals surface area contributed by atoms with E-state index in [0.29, 0.717) is 0 Å². The lowest BCUT2D eigenvalue weighted by molar-refractivity contribution is 0.209. The standard InChI is InChI=1S/C12H16FNO3/c13-10-6-5-9(4-2-1-3-7-15)8-11(10)14-12(16)17/h5-6,8,14-15H,1-4,7H2,(H,16,17).